The molecule has 1 aromatic rings. The fourth-order valence-electron chi connectivity index (χ4n) is 1.64. The van der Waals surface area contributed by atoms with Gasteiger partial charge in [-0.2, -0.15) is 0 Å². The van der Waals surface area contributed by atoms with Crippen LogP contribution in [0, 0.1) is 5.92 Å². The van der Waals surface area contributed by atoms with Crippen molar-refractivity contribution in [2.24, 2.45) is 11.7 Å². The number of carboxylic acids is 1. The van der Waals surface area contributed by atoms with Gasteiger partial charge < -0.3 is 21.7 Å². The predicted molar refractivity (Wildman–Crippen MR) is 66.4 cm³/mol. The highest BCUT2D eigenvalue weighted by Gasteiger charge is 2.37. The number of ketones is 2. The molecule has 0 radical (unpaired) electrons. The predicted octanol–water partition coefficient (Wildman–Crippen LogP) is -0.959. The number of nitrogens with two attached hydrogens (primary N) is 2. The first-order valence-electron chi connectivity index (χ1n) is 5.40. The number of benzene rings is 1. The third-order valence-electron chi connectivity index (χ3n) is 2.66. The summed E-state index contributed by atoms with van der Waals surface area (Å²) in [5, 5.41) is 17.6. The Morgan fingerprint density at radius 3 is 2.26 bits per heavy atom. The summed E-state index contributed by atoms with van der Waals surface area (Å²) in [4.78, 5) is 34.5. The van der Waals surface area contributed by atoms with Gasteiger partial charge in [0.05, 0.1) is 0 Å². The van der Waals surface area contributed by atoms with Crippen LogP contribution in [-0.2, 0) is 9.59 Å². The van der Waals surface area contributed by atoms with E-state index in [2.05, 4.69) is 0 Å². The van der Waals surface area contributed by atoms with E-state index in [9.17, 15) is 14.4 Å². The average molecular weight is 266 g/mol. The van der Waals surface area contributed by atoms with Crippen molar-refractivity contribution in [3.63, 3.8) is 0 Å². The summed E-state index contributed by atoms with van der Waals surface area (Å²) in [6.45, 7) is -0.968. The van der Waals surface area contributed by atoms with Crippen LogP contribution in [0.2, 0.25) is 0 Å². The van der Waals surface area contributed by atoms with Gasteiger partial charge in [0, 0.05) is 11.3 Å². The number of anilines is 1. The fourth-order valence-corrected chi connectivity index (χ4v) is 1.64. The smallest absolute Gasteiger partial charge is 0.321 e. The van der Waals surface area contributed by atoms with Crippen molar-refractivity contribution in [3.05, 3.63) is 29.8 Å². The molecule has 0 amide bonds. The van der Waals surface area contributed by atoms with Crippen molar-refractivity contribution in [1.82, 2.24) is 0 Å². The Morgan fingerprint density at radius 2 is 1.79 bits per heavy atom. The normalized spacial score (nSPS) is 13.6. The highest BCUT2D eigenvalue weighted by atomic mass is 16.4. The zero-order chi connectivity index (χ0) is 14.6. The van der Waals surface area contributed by atoms with Crippen molar-refractivity contribution in [2.75, 3.05) is 12.3 Å². The summed E-state index contributed by atoms with van der Waals surface area (Å²) in [5.41, 5.74) is 11.0. The molecule has 0 saturated heterocycles. The lowest BCUT2D eigenvalue weighted by Gasteiger charge is -2.18. The number of aliphatic hydroxyl groups is 1. The molecule has 7 nitrogen and oxygen atoms in total. The molecule has 2 atom stereocenters. The van der Waals surface area contributed by atoms with Crippen LogP contribution in [0.1, 0.15) is 10.4 Å². The van der Waals surface area contributed by atoms with Crippen molar-refractivity contribution >= 4 is 23.2 Å². The molecule has 0 aliphatic heterocycles. The average Bonchev–Trinajstić information content (AvgIpc) is 2.38. The number of carbonyl (C=O) groups is 3. The highest BCUT2D eigenvalue weighted by Crippen LogP contribution is 2.18. The monoisotopic (exact) mass is 266 g/mol. The number of hydrogen-bond donors (Lipinski definition) is 4. The van der Waals surface area contributed by atoms with Crippen molar-refractivity contribution in [3.8, 4) is 0 Å². The van der Waals surface area contributed by atoms with Crippen LogP contribution in [0.25, 0.3) is 0 Å². The number of aliphatic hydroxyl groups excluding tert-OH is 1. The molecule has 2 unspecified atom stereocenters. The molecule has 0 aliphatic rings. The Bertz CT molecular complexity index is 515. The van der Waals surface area contributed by atoms with Crippen LogP contribution in [0.5, 0.6) is 0 Å². The Morgan fingerprint density at radius 1 is 1.21 bits per heavy atom. The minimum absolute atomic E-state index is 0.00556. The van der Waals surface area contributed by atoms with Crippen LogP contribution in [0.4, 0.5) is 5.69 Å². The second kappa shape index (κ2) is 6.07. The minimum atomic E-state index is -1.73. The minimum Gasteiger partial charge on any atom is -0.480 e. The molecule has 1 aromatic carbocycles. The van der Waals surface area contributed by atoms with E-state index >= 15 is 0 Å². The lowest BCUT2D eigenvalue weighted by Crippen LogP contribution is -2.47. The Labute approximate surface area is 108 Å². The Balaban J connectivity index is 3.19. The molecule has 0 spiro atoms. The topological polar surface area (TPSA) is 144 Å². The Kier molecular flexibility index (Phi) is 4.74. The van der Waals surface area contributed by atoms with Crippen LogP contribution in [0.15, 0.2) is 24.3 Å². The first kappa shape index (κ1) is 14.8. The third kappa shape index (κ3) is 3.15. The van der Waals surface area contributed by atoms with Crippen LogP contribution in [-0.4, -0.2) is 40.4 Å². The zero-order valence-electron chi connectivity index (χ0n) is 9.95. The van der Waals surface area contributed by atoms with E-state index in [1.54, 1.807) is 6.07 Å². The van der Waals surface area contributed by atoms with Gasteiger partial charge >= 0.3 is 5.97 Å². The summed E-state index contributed by atoms with van der Waals surface area (Å²) >= 11 is 0. The summed E-state index contributed by atoms with van der Waals surface area (Å²) in [6.07, 6.45) is 0. The number of aliphatic carboxylic acids is 1. The summed E-state index contributed by atoms with van der Waals surface area (Å²) < 4.78 is 0. The van der Waals surface area contributed by atoms with Gasteiger partial charge in [-0.05, 0) is 12.1 Å². The maximum absolute atomic E-state index is 12.2. The van der Waals surface area contributed by atoms with Gasteiger partial charge in [-0.15, -0.1) is 0 Å². The number of para-hydroxylation sites is 1. The van der Waals surface area contributed by atoms with Gasteiger partial charge in [-0.3, -0.25) is 14.4 Å². The van der Waals surface area contributed by atoms with E-state index in [4.69, 9.17) is 21.7 Å². The summed E-state index contributed by atoms with van der Waals surface area (Å²) in [6, 6.07) is 4.19. The number of nitrogen functional groups attached to an aromatic ring is 1. The largest absolute Gasteiger partial charge is 0.480 e. The van der Waals surface area contributed by atoms with E-state index in [-0.39, 0.29) is 11.3 Å². The molecular formula is C12H14N2O5. The number of Topliss-reactive ketones (excluding diaryl/α,β-unsaturated/α-hetero) is 2. The molecule has 0 fully saturated rings. The van der Waals surface area contributed by atoms with E-state index < -0.39 is 36.1 Å². The molecule has 0 aliphatic carbocycles. The van der Waals surface area contributed by atoms with Crippen LogP contribution >= 0.6 is 0 Å². The molecule has 0 bridgehead atoms. The van der Waals surface area contributed by atoms with Crippen molar-refractivity contribution in [1.29, 1.82) is 0 Å². The van der Waals surface area contributed by atoms with Crippen LogP contribution in [0.3, 0.4) is 0 Å². The highest BCUT2D eigenvalue weighted by molar-refractivity contribution is 6.15. The van der Waals surface area contributed by atoms with E-state index in [1.165, 1.54) is 18.2 Å². The van der Waals surface area contributed by atoms with Gasteiger partial charge in [0.2, 0.25) is 0 Å². The quantitative estimate of drug-likeness (QED) is 0.295. The maximum atomic E-state index is 12.2. The van der Waals surface area contributed by atoms with Crippen molar-refractivity contribution < 1.29 is 24.6 Å². The second-order valence-corrected chi connectivity index (χ2v) is 3.92. The standard InChI is InChI=1S/C12H14N2O5/c13-7-4-2-1-3-6(7)11(17)9(8(16)5-15)10(14)12(18)19/h1-4,9-10,15H,5,13-14H2,(H,18,19). The van der Waals surface area contributed by atoms with Gasteiger partial charge in [-0.1, -0.05) is 12.1 Å². The Hall–Kier alpha value is -2.25. The molecule has 19 heavy (non-hydrogen) atoms. The SMILES string of the molecule is Nc1ccccc1C(=O)C(C(=O)CO)C(N)C(=O)O. The number of carboxylic acid groups (broad SMARTS) is 1. The summed E-state index contributed by atoms with van der Waals surface area (Å²) in [7, 11) is 0. The van der Waals surface area contributed by atoms with Gasteiger partial charge in [0.1, 0.15) is 18.6 Å². The number of rotatable bonds is 6. The molecule has 0 saturated carbocycles. The summed E-state index contributed by atoms with van der Waals surface area (Å²) in [5.74, 6) is -4.93. The lowest BCUT2D eigenvalue weighted by molar-refractivity contribution is -0.142. The van der Waals surface area contributed by atoms with Crippen LogP contribution < -0.4 is 11.5 Å². The fraction of sp³-hybridized carbons (Fsp3) is 0.250. The third-order valence-corrected chi connectivity index (χ3v) is 2.66. The van der Waals surface area contributed by atoms with Crippen molar-refractivity contribution in [2.45, 2.75) is 6.04 Å². The van der Waals surface area contributed by atoms with E-state index in [0.717, 1.165) is 0 Å². The second-order valence-electron chi connectivity index (χ2n) is 3.92. The number of hydrogen-bond acceptors (Lipinski definition) is 6. The molecule has 1 rings (SSSR count). The first-order valence-corrected chi connectivity index (χ1v) is 5.40. The molecule has 102 valence electrons. The molecule has 0 heterocycles. The maximum Gasteiger partial charge on any atom is 0.321 e. The van der Waals surface area contributed by atoms with Gasteiger partial charge in [0.25, 0.3) is 0 Å². The number of carbonyl (C=O) groups excluding carboxylic acids is 2. The molecule has 6 N–H and O–H groups in total. The first-order chi connectivity index (χ1) is 8.90. The molecule has 0 aromatic heterocycles. The zero-order valence-corrected chi connectivity index (χ0v) is 9.95. The van der Waals surface area contributed by atoms with E-state index in [1.807, 2.05) is 0 Å². The van der Waals surface area contributed by atoms with Gasteiger partial charge in [0.15, 0.2) is 11.6 Å². The van der Waals surface area contributed by atoms with Gasteiger partial charge in [-0.25, -0.2) is 0 Å². The lowest BCUT2D eigenvalue weighted by atomic mass is 9.87. The molecular weight excluding hydrogens is 252 g/mol. The molecule has 7 heteroatoms. The van der Waals surface area contributed by atoms with E-state index in [0.29, 0.717) is 0 Å².